The van der Waals surface area contributed by atoms with E-state index < -0.39 is 11.4 Å². The summed E-state index contributed by atoms with van der Waals surface area (Å²) in [6.45, 7) is 0.919. The molecular formula is C11H15N3O4. The first-order chi connectivity index (χ1) is 8.64. The van der Waals surface area contributed by atoms with Crippen molar-refractivity contribution in [3.8, 4) is 0 Å². The largest absolute Gasteiger partial charge is 0.481 e. The Morgan fingerprint density at radius 3 is 2.78 bits per heavy atom. The summed E-state index contributed by atoms with van der Waals surface area (Å²) in [5, 5.41) is 18.1. The fourth-order valence-electron chi connectivity index (χ4n) is 1.96. The van der Waals surface area contributed by atoms with Crippen LogP contribution in [0.2, 0.25) is 0 Å². The molecule has 7 heteroatoms. The van der Waals surface area contributed by atoms with E-state index in [4.69, 9.17) is 4.74 Å². The lowest BCUT2D eigenvalue weighted by molar-refractivity contribution is -0.154. The number of nitrogens with one attached hydrogen (secondary N) is 2. The van der Waals surface area contributed by atoms with Crippen LogP contribution in [0, 0.1) is 5.41 Å². The fourth-order valence-corrected chi connectivity index (χ4v) is 1.96. The number of rotatable bonds is 4. The number of aromatic amines is 1. The standard InChI is InChI=1S/C11H15N3O4/c15-9(8-1-4-13-14-8)12-7-11(10(16)17)2-5-18-6-3-11/h1,4H,2-3,5-7H2,(H,12,15)(H,13,14)(H,16,17). The van der Waals surface area contributed by atoms with Gasteiger partial charge in [0.05, 0.1) is 5.41 Å². The average molecular weight is 253 g/mol. The van der Waals surface area contributed by atoms with Gasteiger partial charge in [-0.05, 0) is 18.9 Å². The molecular weight excluding hydrogens is 238 g/mol. The van der Waals surface area contributed by atoms with E-state index >= 15 is 0 Å². The third kappa shape index (κ3) is 2.51. The molecule has 0 unspecified atom stereocenters. The Morgan fingerprint density at radius 1 is 1.50 bits per heavy atom. The molecule has 1 saturated heterocycles. The Labute approximate surface area is 104 Å². The highest BCUT2D eigenvalue weighted by molar-refractivity contribution is 5.92. The molecule has 0 spiro atoms. The van der Waals surface area contributed by atoms with E-state index in [1.54, 1.807) is 0 Å². The molecule has 1 fully saturated rings. The second kappa shape index (κ2) is 5.18. The van der Waals surface area contributed by atoms with Gasteiger partial charge in [-0.1, -0.05) is 0 Å². The zero-order valence-corrected chi connectivity index (χ0v) is 9.81. The molecule has 18 heavy (non-hydrogen) atoms. The number of hydrogen-bond acceptors (Lipinski definition) is 4. The Morgan fingerprint density at radius 2 is 2.22 bits per heavy atom. The van der Waals surface area contributed by atoms with Crippen molar-refractivity contribution in [2.75, 3.05) is 19.8 Å². The molecule has 2 heterocycles. The van der Waals surface area contributed by atoms with Crippen LogP contribution in [0.5, 0.6) is 0 Å². The molecule has 1 aliphatic rings. The van der Waals surface area contributed by atoms with Gasteiger partial charge in [0.2, 0.25) is 0 Å². The molecule has 0 radical (unpaired) electrons. The molecule has 0 aromatic carbocycles. The van der Waals surface area contributed by atoms with Crippen molar-refractivity contribution in [1.82, 2.24) is 15.5 Å². The van der Waals surface area contributed by atoms with Crippen LogP contribution in [-0.4, -0.2) is 46.9 Å². The van der Waals surface area contributed by atoms with E-state index in [0.717, 1.165) is 0 Å². The van der Waals surface area contributed by atoms with Crippen LogP contribution < -0.4 is 5.32 Å². The van der Waals surface area contributed by atoms with Crippen LogP contribution >= 0.6 is 0 Å². The summed E-state index contributed by atoms with van der Waals surface area (Å²) in [5.41, 5.74) is -0.601. The number of ether oxygens (including phenoxy) is 1. The lowest BCUT2D eigenvalue weighted by Crippen LogP contribution is -2.46. The van der Waals surface area contributed by atoms with E-state index in [1.165, 1.54) is 12.3 Å². The van der Waals surface area contributed by atoms with Crippen molar-refractivity contribution in [3.05, 3.63) is 18.0 Å². The number of amides is 1. The van der Waals surface area contributed by atoms with Gasteiger partial charge < -0.3 is 15.2 Å². The molecule has 7 nitrogen and oxygen atoms in total. The SMILES string of the molecule is O=C(NCC1(C(=O)O)CCOCC1)c1ccn[nH]1. The molecule has 1 aromatic rings. The maximum atomic E-state index is 11.7. The van der Waals surface area contributed by atoms with Crippen molar-refractivity contribution in [3.63, 3.8) is 0 Å². The maximum Gasteiger partial charge on any atom is 0.311 e. The monoisotopic (exact) mass is 253 g/mol. The highest BCUT2D eigenvalue weighted by Gasteiger charge is 2.40. The molecule has 3 N–H and O–H groups in total. The molecule has 2 rings (SSSR count). The normalized spacial score (nSPS) is 18.2. The number of hydrogen-bond donors (Lipinski definition) is 3. The number of carbonyl (C=O) groups excluding carboxylic acids is 1. The minimum atomic E-state index is -0.923. The summed E-state index contributed by atoms with van der Waals surface area (Å²) in [6.07, 6.45) is 2.29. The zero-order chi connectivity index (χ0) is 13.0. The summed E-state index contributed by atoms with van der Waals surface area (Å²) in [7, 11) is 0. The summed E-state index contributed by atoms with van der Waals surface area (Å²) >= 11 is 0. The number of aromatic nitrogens is 2. The molecule has 0 saturated carbocycles. The van der Waals surface area contributed by atoms with Crippen LogP contribution in [0.3, 0.4) is 0 Å². The lowest BCUT2D eigenvalue weighted by Gasteiger charge is -2.33. The molecule has 1 aliphatic heterocycles. The summed E-state index contributed by atoms with van der Waals surface area (Å²) in [6, 6.07) is 1.53. The van der Waals surface area contributed by atoms with Gasteiger partial charge in [0, 0.05) is 26.0 Å². The number of carboxylic acid groups (broad SMARTS) is 1. The number of carboxylic acids is 1. The van der Waals surface area contributed by atoms with E-state index in [2.05, 4.69) is 15.5 Å². The Bertz CT molecular complexity index is 424. The summed E-state index contributed by atoms with van der Waals surface area (Å²) in [4.78, 5) is 23.1. The quantitative estimate of drug-likeness (QED) is 0.701. The van der Waals surface area contributed by atoms with Crippen molar-refractivity contribution in [2.24, 2.45) is 5.41 Å². The highest BCUT2D eigenvalue weighted by atomic mass is 16.5. The van der Waals surface area contributed by atoms with Gasteiger partial charge in [-0.25, -0.2) is 0 Å². The molecule has 1 aromatic heterocycles. The maximum absolute atomic E-state index is 11.7. The summed E-state index contributed by atoms with van der Waals surface area (Å²) < 4.78 is 5.16. The van der Waals surface area contributed by atoms with Gasteiger partial charge in [-0.15, -0.1) is 0 Å². The molecule has 0 bridgehead atoms. The predicted molar refractivity (Wildman–Crippen MR) is 61.0 cm³/mol. The Balaban J connectivity index is 1.98. The van der Waals surface area contributed by atoms with Crippen molar-refractivity contribution in [2.45, 2.75) is 12.8 Å². The van der Waals surface area contributed by atoms with Gasteiger partial charge in [0.1, 0.15) is 5.69 Å². The van der Waals surface area contributed by atoms with E-state index in [0.29, 0.717) is 31.7 Å². The Kier molecular flexibility index (Phi) is 3.61. The van der Waals surface area contributed by atoms with Crippen LogP contribution in [0.1, 0.15) is 23.3 Å². The minimum Gasteiger partial charge on any atom is -0.481 e. The third-order valence-corrected chi connectivity index (χ3v) is 3.24. The van der Waals surface area contributed by atoms with Gasteiger partial charge >= 0.3 is 5.97 Å². The molecule has 1 amide bonds. The third-order valence-electron chi connectivity index (χ3n) is 3.24. The van der Waals surface area contributed by atoms with E-state index in [1.807, 2.05) is 0 Å². The predicted octanol–water partition coefficient (Wildman–Crippen LogP) is 0.0209. The van der Waals surface area contributed by atoms with Crippen LogP contribution in [-0.2, 0) is 9.53 Å². The molecule has 0 aliphatic carbocycles. The van der Waals surface area contributed by atoms with Crippen LogP contribution in [0.4, 0.5) is 0 Å². The molecule has 98 valence electrons. The lowest BCUT2D eigenvalue weighted by atomic mass is 9.80. The van der Waals surface area contributed by atoms with Crippen molar-refractivity contribution < 1.29 is 19.4 Å². The Hall–Kier alpha value is -1.89. The number of carbonyl (C=O) groups is 2. The van der Waals surface area contributed by atoms with E-state index in [-0.39, 0.29) is 12.5 Å². The van der Waals surface area contributed by atoms with Crippen molar-refractivity contribution >= 4 is 11.9 Å². The van der Waals surface area contributed by atoms with Crippen LogP contribution in [0.15, 0.2) is 12.3 Å². The first-order valence-electron chi connectivity index (χ1n) is 5.73. The van der Waals surface area contributed by atoms with E-state index in [9.17, 15) is 14.7 Å². The number of nitrogens with zero attached hydrogens (tertiary/aromatic N) is 1. The van der Waals surface area contributed by atoms with Gasteiger partial charge in [0.25, 0.3) is 5.91 Å². The average Bonchev–Trinajstić information content (AvgIpc) is 2.91. The first kappa shape index (κ1) is 12.6. The van der Waals surface area contributed by atoms with Gasteiger partial charge in [-0.2, -0.15) is 5.10 Å². The second-order valence-corrected chi connectivity index (χ2v) is 4.35. The second-order valence-electron chi connectivity index (χ2n) is 4.35. The first-order valence-corrected chi connectivity index (χ1v) is 5.73. The van der Waals surface area contributed by atoms with Gasteiger partial charge in [0.15, 0.2) is 0 Å². The zero-order valence-electron chi connectivity index (χ0n) is 9.81. The smallest absolute Gasteiger partial charge is 0.311 e. The van der Waals surface area contributed by atoms with Crippen molar-refractivity contribution in [1.29, 1.82) is 0 Å². The number of aliphatic carboxylic acids is 1. The highest BCUT2D eigenvalue weighted by Crippen LogP contribution is 2.30. The number of H-pyrrole nitrogens is 1. The van der Waals surface area contributed by atoms with Gasteiger partial charge in [-0.3, -0.25) is 14.7 Å². The van der Waals surface area contributed by atoms with Crippen LogP contribution in [0.25, 0.3) is 0 Å². The molecule has 0 atom stereocenters. The topological polar surface area (TPSA) is 104 Å². The minimum absolute atomic E-state index is 0.101. The summed E-state index contributed by atoms with van der Waals surface area (Å²) in [5.74, 6) is -1.24. The fraction of sp³-hybridized carbons (Fsp3) is 0.545.